The average molecular weight is 285 g/mol. The van der Waals surface area contributed by atoms with Gasteiger partial charge in [0.1, 0.15) is 16.7 Å². The molecular weight excluding hydrogens is 274 g/mol. The number of carbonyl (C=O) groups excluding carboxylic acids is 1. The molecule has 1 amide bonds. The van der Waals surface area contributed by atoms with Crippen LogP contribution in [-0.4, -0.2) is 12.5 Å². The molecular formula is C14H11N3O2S. The van der Waals surface area contributed by atoms with Gasteiger partial charge in [-0.15, -0.1) is 11.3 Å². The quantitative estimate of drug-likeness (QED) is 0.909. The van der Waals surface area contributed by atoms with Gasteiger partial charge in [0.25, 0.3) is 5.91 Å². The lowest BCUT2D eigenvalue weighted by Gasteiger charge is -2.18. The minimum absolute atomic E-state index is 0.0614. The van der Waals surface area contributed by atoms with E-state index in [0.29, 0.717) is 22.9 Å². The zero-order valence-corrected chi connectivity index (χ0v) is 11.3. The first kappa shape index (κ1) is 12.5. The molecule has 0 radical (unpaired) electrons. The smallest absolute Gasteiger partial charge is 0.262 e. The van der Waals surface area contributed by atoms with Crippen LogP contribution in [0, 0.1) is 11.3 Å². The van der Waals surface area contributed by atoms with Crippen molar-refractivity contribution in [2.75, 3.05) is 17.2 Å². The van der Waals surface area contributed by atoms with Crippen molar-refractivity contribution in [3.8, 4) is 11.8 Å². The third-order valence-corrected chi connectivity index (χ3v) is 3.84. The Morgan fingerprint density at radius 1 is 1.40 bits per heavy atom. The van der Waals surface area contributed by atoms with Crippen LogP contribution < -0.4 is 15.4 Å². The summed E-state index contributed by atoms with van der Waals surface area (Å²) in [6.45, 7) is 0.700. The molecule has 0 saturated carbocycles. The third kappa shape index (κ3) is 2.58. The van der Waals surface area contributed by atoms with Gasteiger partial charge in [-0.05, 0) is 30.3 Å². The van der Waals surface area contributed by atoms with E-state index in [4.69, 9.17) is 10.00 Å². The molecule has 1 aromatic carbocycles. The van der Waals surface area contributed by atoms with Crippen LogP contribution in [0.5, 0.6) is 5.75 Å². The summed E-state index contributed by atoms with van der Waals surface area (Å²) in [7, 11) is 0. The third-order valence-electron chi connectivity index (χ3n) is 2.85. The number of carbonyl (C=O) groups is 1. The summed E-state index contributed by atoms with van der Waals surface area (Å²) in [5.74, 6) is 0.532. The molecule has 1 aliphatic rings. The lowest BCUT2D eigenvalue weighted by atomic mass is 10.2. The molecule has 0 atom stereocenters. The van der Waals surface area contributed by atoms with Gasteiger partial charge < -0.3 is 15.4 Å². The number of hydrogen-bond donors (Lipinski definition) is 2. The molecule has 0 spiro atoms. The number of rotatable bonds is 3. The maximum atomic E-state index is 11.3. The van der Waals surface area contributed by atoms with Crippen molar-refractivity contribution in [1.82, 2.24) is 0 Å². The predicted molar refractivity (Wildman–Crippen MR) is 76.9 cm³/mol. The lowest BCUT2D eigenvalue weighted by Crippen LogP contribution is -2.25. The van der Waals surface area contributed by atoms with Crippen LogP contribution in [0.3, 0.4) is 0 Å². The van der Waals surface area contributed by atoms with Crippen molar-refractivity contribution >= 4 is 28.6 Å². The summed E-state index contributed by atoms with van der Waals surface area (Å²) in [6, 6.07) is 11.4. The minimum atomic E-state index is -0.147. The fourth-order valence-corrected chi connectivity index (χ4v) is 2.66. The summed E-state index contributed by atoms with van der Waals surface area (Å²) in [6.07, 6.45) is 0. The average Bonchev–Trinajstić information content (AvgIpc) is 2.92. The van der Waals surface area contributed by atoms with E-state index in [9.17, 15) is 4.79 Å². The standard InChI is InChI=1S/C14H11N3O2S/c15-6-10-2-3-11(20-10)7-16-9-1-4-13-12(5-9)17-14(18)8-19-13/h1-5,16H,7-8H2,(H,17,18). The molecule has 5 nitrogen and oxygen atoms in total. The Morgan fingerprint density at radius 2 is 2.30 bits per heavy atom. The molecule has 0 unspecified atom stereocenters. The Labute approximate surface area is 119 Å². The number of ether oxygens (including phenoxy) is 1. The number of thiophene rings is 1. The predicted octanol–water partition coefficient (Wildman–Crippen LogP) is 2.56. The van der Waals surface area contributed by atoms with Crippen molar-refractivity contribution in [3.05, 3.63) is 40.1 Å². The highest BCUT2D eigenvalue weighted by Gasteiger charge is 2.15. The topological polar surface area (TPSA) is 74.2 Å². The molecule has 6 heteroatoms. The van der Waals surface area contributed by atoms with Crippen LogP contribution in [-0.2, 0) is 11.3 Å². The van der Waals surface area contributed by atoms with Gasteiger partial charge in [-0.25, -0.2) is 0 Å². The molecule has 3 rings (SSSR count). The first-order valence-electron chi connectivity index (χ1n) is 6.04. The lowest BCUT2D eigenvalue weighted by molar-refractivity contribution is -0.118. The molecule has 1 aromatic heterocycles. The summed E-state index contributed by atoms with van der Waals surface area (Å²) in [5.41, 5.74) is 1.57. The Kier molecular flexibility index (Phi) is 3.27. The zero-order valence-electron chi connectivity index (χ0n) is 10.5. The van der Waals surface area contributed by atoms with E-state index >= 15 is 0 Å². The fourth-order valence-electron chi connectivity index (χ4n) is 1.92. The van der Waals surface area contributed by atoms with Crippen molar-refractivity contribution in [3.63, 3.8) is 0 Å². The van der Waals surface area contributed by atoms with Gasteiger partial charge in [0.15, 0.2) is 6.61 Å². The number of fused-ring (bicyclic) bond motifs is 1. The Bertz CT molecular complexity index is 703. The van der Waals surface area contributed by atoms with E-state index in [-0.39, 0.29) is 12.5 Å². The Hall–Kier alpha value is -2.52. The van der Waals surface area contributed by atoms with E-state index in [1.807, 2.05) is 30.3 Å². The van der Waals surface area contributed by atoms with Crippen LogP contribution in [0.1, 0.15) is 9.75 Å². The molecule has 2 heterocycles. The van der Waals surface area contributed by atoms with Gasteiger partial charge in [-0.2, -0.15) is 5.26 Å². The first-order valence-corrected chi connectivity index (χ1v) is 6.85. The number of anilines is 2. The fraction of sp³-hybridized carbons (Fsp3) is 0.143. The van der Waals surface area contributed by atoms with E-state index in [2.05, 4.69) is 16.7 Å². The van der Waals surface area contributed by atoms with Crippen molar-refractivity contribution in [2.45, 2.75) is 6.54 Å². The molecule has 0 fully saturated rings. The first-order chi connectivity index (χ1) is 9.74. The molecule has 0 aliphatic carbocycles. The number of hydrogen-bond acceptors (Lipinski definition) is 5. The summed E-state index contributed by atoms with van der Waals surface area (Å²) in [4.78, 5) is 13.1. The second-order valence-corrected chi connectivity index (χ2v) is 5.45. The van der Waals surface area contributed by atoms with Gasteiger partial charge >= 0.3 is 0 Å². The van der Waals surface area contributed by atoms with Crippen LogP contribution in [0.15, 0.2) is 30.3 Å². The van der Waals surface area contributed by atoms with Crippen LogP contribution in [0.2, 0.25) is 0 Å². The van der Waals surface area contributed by atoms with Crippen molar-refractivity contribution < 1.29 is 9.53 Å². The van der Waals surface area contributed by atoms with Crippen molar-refractivity contribution in [2.24, 2.45) is 0 Å². The number of nitrogens with one attached hydrogen (secondary N) is 2. The van der Waals surface area contributed by atoms with Crippen LogP contribution >= 0.6 is 11.3 Å². The second-order valence-electron chi connectivity index (χ2n) is 4.28. The summed E-state index contributed by atoms with van der Waals surface area (Å²) >= 11 is 1.46. The van der Waals surface area contributed by atoms with E-state index in [1.54, 1.807) is 0 Å². The van der Waals surface area contributed by atoms with Crippen LogP contribution in [0.25, 0.3) is 0 Å². The molecule has 2 N–H and O–H groups in total. The molecule has 20 heavy (non-hydrogen) atoms. The number of benzene rings is 1. The molecule has 100 valence electrons. The van der Waals surface area contributed by atoms with E-state index in [0.717, 1.165) is 10.6 Å². The van der Waals surface area contributed by atoms with Crippen LogP contribution in [0.4, 0.5) is 11.4 Å². The Morgan fingerprint density at radius 3 is 3.10 bits per heavy atom. The molecule has 0 bridgehead atoms. The van der Waals surface area contributed by atoms with Gasteiger partial charge in [0, 0.05) is 17.1 Å². The van der Waals surface area contributed by atoms with Gasteiger partial charge in [0.2, 0.25) is 0 Å². The van der Waals surface area contributed by atoms with E-state index in [1.165, 1.54) is 11.3 Å². The highest BCUT2D eigenvalue weighted by Crippen LogP contribution is 2.30. The Balaban J connectivity index is 1.70. The number of nitriles is 1. The highest BCUT2D eigenvalue weighted by molar-refractivity contribution is 7.12. The summed E-state index contributed by atoms with van der Waals surface area (Å²) in [5, 5.41) is 14.8. The van der Waals surface area contributed by atoms with Crippen molar-refractivity contribution in [1.29, 1.82) is 5.26 Å². The number of nitrogens with zero attached hydrogens (tertiary/aromatic N) is 1. The van der Waals surface area contributed by atoms with Gasteiger partial charge in [-0.1, -0.05) is 0 Å². The van der Waals surface area contributed by atoms with Gasteiger partial charge in [-0.3, -0.25) is 4.79 Å². The zero-order chi connectivity index (χ0) is 13.9. The monoisotopic (exact) mass is 285 g/mol. The second kappa shape index (κ2) is 5.23. The summed E-state index contributed by atoms with van der Waals surface area (Å²) < 4.78 is 5.30. The largest absolute Gasteiger partial charge is 0.482 e. The highest BCUT2D eigenvalue weighted by atomic mass is 32.1. The number of amides is 1. The minimum Gasteiger partial charge on any atom is -0.482 e. The maximum Gasteiger partial charge on any atom is 0.262 e. The maximum absolute atomic E-state index is 11.3. The molecule has 1 aliphatic heterocycles. The molecule has 0 saturated heterocycles. The van der Waals surface area contributed by atoms with E-state index < -0.39 is 0 Å². The van der Waals surface area contributed by atoms with Gasteiger partial charge in [0.05, 0.1) is 5.69 Å². The molecule has 2 aromatic rings. The SMILES string of the molecule is N#Cc1ccc(CNc2ccc3c(c2)NC(=O)CO3)s1. The normalized spacial score (nSPS) is 12.8.